The lowest BCUT2D eigenvalue weighted by Gasteiger charge is -2.21. The van der Waals surface area contributed by atoms with Crippen molar-refractivity contribution in [1.82, 2.24) is 0 Å². The molecule has 0 amide bonds. The number of carbonyl (C=O) groups excluding carboxylic acids is 1. The lowest BCUT2D eigenvalue weighted by Crippen LogP contribution is -2.33. The smallest absolute Gasteiger partial charge is 0.489 e. The molecule has 0 heterocycles. The highest BCUT2D eigenvalue weighted by Gasteiger charge is 2.25. The monoisotopic (exact) mass is 260 g/mol. The van der Waals surface area contributed by atoms with Crippen molar-refractivity contribution in [3.05, 3.63) is 0 Å². The number of rotatable bonds is 8. The fourth-order valence-electron chi connectivity index (χ4n) is 1.41. The first-order valence-electron chi connectivity index (χ1n) is 6.80. The highest BCUT2D eigenvalue weighted by molar-refractivity contribution is 6.72. The number of ether oxygens (including phenoxy) is 1. The van der Waals surface area contributed by atoms with Gasteiger partial charge in [-0.25, -0.2) is 4.79 Å². The Morgan fingerprint density at radius 3 is 2.35 bits per heavy atom. The van der Waals surface area contributed by atoms with Gasteiger partial charge in [-0.15, -0.1) is 0 Å². The molecule has 0 aliphatic heterocycles. The summed E-state index contributed by atoms with van der Waals surface area (Å²) in [5.41, 5.74) is 0. The molecule has 0 aromatic rings. The molecule has 0 saturated heterocycles. The van der Waals surface area contributed by atoms with Crippen molar-refractivity contribution in [1.29, 1.82) is 0 Å². The maximum absolute atomic E-state index is 11.5. The van der Waals surface area contributed by atoms with Crippen molar-refractivity contribution in [3.8, 4) is 0 Å². The van der Waals surface area contributed by atoms with Crippen molar-refractivity contribution in [3.63, 3.8) is 0 Å². The Hall–Kier alpha value is -0.513. The molecule has 0 N–H and O–H groups in total. The van der Waals surface area contributed by atoms with Gasteiger partial charge < -0.3 is 9.16 Å². The molecule has 0 fully saturated rings. The maximum atomic E-state index is 11.5. The average molecular weight is 260 g/mol. The van der Waals surface area contributed by atoms with Crippen LogP contribution in [0, 0.1) is 5.92 Å². The van der Waals surface area contributed by atoms with E-state index in [0.717, 1.165) is 18.9 Å². The van der Waals surface area contributed by atoms with Crippen molar-refractivity contribution >= 4 is 14.5 Å². The second kappa shape index (κ2) is 8.56. The molecule has 0 aliphatic carbocycles. The summed E-state index contributed by atoms with van der Waals surface area (Å²) in [6.07, 6.45) is 4.11. The van der Waals surface area contributed by atoms with Crippen LogP contribution >= 0.6 is 0 Å². The maximum Gasteiger partial charge on any atom is 0.494 e. The number of hydrogen-bond donors (Lipinski definition) is 0. The van der Waals surface area contributed by atoms with Gasteiger partial charge in [0.05, 0.1) is 6.61 Å². The van der Waals surface area contributed by atoms with E-state index in [1.165, 1.54) is 12.8 Å². The molecule has 0 aromatic heterocycles. The fraction of sp³-hybridized carbons (Fsp3) is 0.923. The van der Waals surface area contributed by atoms with Gasteiger partial charge in [-0.2, -0.15) is 0 Å². The first-order valence-corrected chi connectivity index (χ1v) is 9.92. The summed E-state index contributed by atoms with van der Waals surface area (Å²) >= 11 is 0. The summed E-state index contributed by atoms with van der Waals surface area (Å²) in [5, 5.41) is 0. The van der Waals surface area contributed by atoms with E-state index in [2.05, 4.69) is 20.8 Å². The van der Waals surface area contributed by atoms with E-state index in [4.69, 9.17) is 9.16 Å². The predicted molar refractivity (Wildman–Crippen MR) is 73.7 cm³/mol. The first kappa shape index (κ1) is 16.5. The third kappa shape index (κ3) is 8.24. The summed E-state index contributed by atoms with van der Waals surface area (Å²) in [7, 11) is -1.82. The number of carbonyl (C=O) groups is 1. The van der Waals surface area contributed by atoms with Crippen LogP contribution in [0.15, 0.2) is 0 Å². The van der Waals surface area contributed by atoms with E-state index in [-0.39, 0.29) is 0 Å². The summed E-state index contributed by atoms with van der Waals surface area (Å²) in [6.45, 7) is 10.9. The molecule has 0 aliphatic rings. The minimum absolute atomic E-state index is 0.474. The standard InChI is InChI=1S/C13H28O3Si/c1-6-9-10-12(7-2)11-15-13(14)16-17(4,5)8-3/h12H,6-11H2,1-5H3. The van der Waals surface area contributed by atoms with Gasteiger partial charge in [-0.3, -0.25) is 0 Å². The van der Waals surface area contributed by atoms with E-state index in [0.29, 0.717) is 12.5 Å². The Kier molecular flexibility index (Phi) is 8.30. The Morgan fingerprint density at radius 2 is 1.88 bits per heavy atom. The van der Waals surface area contributed by atoms with Crippen LogP contribution in [0.5, 0.6) is 0 Å². The van der Waals surface area contributed by atoms with Gasteiger partial charge in [-0.1, -0.05) is 40.0 Å². The molecule has 0 radical (unpaired) electrons. The van der Waals surface area contributed by atoms with E-state index in [1.54, 1.807) is 0 Å². The number of unbranched alkanes of at least 4 members (excludes halogenated alkanes) is 1. The largest absolute Gasteiger partial charge is 0.494 e. The van der Waals surface area contributed by atoms with Crippen molar-refractivity contribution < 1.29 is 14.0 Å². The summed E-state index contributed by atoms with van der Waals surface area (Å²) < 4.78 is 10.6. The van der Waals surface area contributed by atoms with Crippen molar-refractivity contribution in [2.24, 2.45) is 5.92 Å². The van der Waals surface area contributed by atoms with Crippen LogP contribution in [0.3, 0.4) is 0 Å². The average Bonchev–Trinajstić information content (AvgIpc) is 2.29. The lowest BCUT2D eigenvalue weighted by molar-refractivity contribution is 0.0789. The number of hydrogen-bond acceptors (Lipinski definition) is 3. The van der Waals surface area contributed by atoms with E-state index in [1.807, 2.05) is 13.1 Å². The molecule has 0 spiro atoms. The minimum atomic E-state index is -1.82. The van der Waals surface area contributed by atoms with Crippen LogP contribution in [0.25, 0.3) is 0 Å². The van der Waals surface area contributed by atoms with Crippen LogP contribution in [0.2, 0.25) is 19.1 Å². The summed E-state index contributed by atoms with van der Waals surface area (Å²) in [4.78, 5) is 11.5. The minimum Gasteiger partial charge on any atom is -0.489 e. The fourth-order valence-corrected chi connectivity index (χ4v) is 2.07. The quantitative estimate of drug-likeness (QED) is 0.473. The zero-order valence-electron chi connectivity index (χ0n) is 12.0. The SMILES string of the molecule is CCCCC(CC)COC(=O)O[Si](C)(C)CC. The summed E-state index contributed by atoms with van der Waals surface area (Å²) in [6, 6.07) is 0.926. The van der Waals surface area contributed by atoms with Crippen LogP contribution in [0.1, 0.15) is 46.5 Å². The van der Waals surface area contributed by atoms with Crippen molar-refractivity contribution in [2.75, 3.05) is 6.61 Å². The van der Waals surface area contributed by atoms with Gasteiger partial charge in [0.15, 0.2) is 0 Å². The van der Waals surface area contributed by atoms with E-state index in [9.17, 15) is 4.79 Å². The molecule has 3 nitrogen and oxygen atoms in total. The third-order valence-electron chi connectivity index (χ3n) is 3.19. The van der Waals surface area contributed by atoms with Crippen LogP contribution in [-0.4, -0.2) is 21.1 Å². The Morgan fingerprint density at radius 1 is 1.24 bits per heavy atom. The molecular weight excluding hydrogens is 232 g/mol. The summed E-state index contributed by atoms with van der Waals surface area (Å²) in [5.74, 6) is 0.480. The van der Waals surface area contributed by atoms with Gasteiger partial charge in [0.1, 0.15) is 0 Å². The van der Waals surface area contributed by atoms with Gasteiger partial charge in [0.25, 0.3) is 8.32 Å². The van der Waals surface area contributed by atoms with E-state index >= 15 is 0 Å². The van der Waals surface area contributed by atoms with Gasteiger partial charge in [0.2, 0.25) is 0 Å². The molecule has 4 heteroatoms. The molecule has 0 aromatic carbocycles. The molecule has 17 heavy (non-hydrogen) atoms. The van der Waals surface area contributed by atoms with Gasteiger partial charge >= 0.3 is 6.16 Å². The third-order valence-corrected chi connectivity index (χ3v) is 5.61. The van der Waals surface area contributed by atoms with Crippen LogP contribution < -0.4 is 0 Å². The normalized spacial score (nSPS) is 13.2. The Labute approximate surface area is 107 Å². The molecule has 0 saturated carbocycles. The topological polar surface area (TPSA) is 35.5 Å². The van der Waals surface area contributed by atoms with E-state index < -0.39 is 14.5 Å². The zero-order valence-corrected chi connectivity index (χ0v) is 13.0. The Balaban J connectivity index is 3.88. The second-order valence-corrected chi connectivity index (χ2v) is 9.62. The van der Waals surface area contributed by atoms with Gasteiger partial charge in [0, 0.05) is 0 Å². The van der Waals surface area contributed by atoms with Gasteiger partial charge in [-0.05, 0) is 31.5 Å². The lowest BCUT2D eigenvalue weighted by atomic mass is 10.0. The molecule has 0 rings (SSSR count). The Bertz CT molecular complexity index is 217. The first-order chi connectivity index (χ1) is 7.95. The zero-order chi connectivity index (χ0) is 13.3. The molecule has 1 atom stereocenters. The van der Waals surface area contributed by atoms with Crippen molar-refractivity contribution in [2.45, 2.75) is 65.6 Å². The van der Waals surface area contributed by atoms with Crippen LogP contribution in [-0.2, 0) is 9.16 Å². The highest BCUT2D eigenvalue weighted by atomic mass is 28.4. The highest BCUT2D eigenvalue weighted by Crippen LogP contribution is 2.15. The predicted octanol–water partition coefficient (Wildman–Crippen LogP) is 4.58. The van der Waals surface area contributed by atoms with Crippen LogP contribution in [0.4, 0.5) is 4.79 Å². The second-order valence-electron chi connectivity index (χ2n) is 5.19. The molecule has 102 valence electrons. The molecule has 1 unspecified atom stereocenters. The molecule has 0 bridgehead atoms. The molecular formula is C13H28O3Si.